The van der Waals surface area contributed by atoms with Gasteiger partial charge in [0.05, 0.1) is 11.9 Å². The smallest absolute Gasteiger partial charge is 0.244 e. The summed E-state index contributed by atoms with van der Waals surface area (Å²) in [6.45, 7) is 5.66. The van der Waals surface area contributed by atoms with Crippen LogP contribution in [-0.2, 0) is 26.2 Å². The van der Waals surface area contributed by atoms with Crippen molar-refractivity contribution in [3.05, 3.63) is 65.5 Å². The van der Waals surface area contributed by atoms with E-state index in [0.29, 0.717) is 29.8 Å². The quantitative estimate of drug-likeness (QED) is 0.460. The number of nitrogens with zero attached hydrogens (tertiary/aromatic N) is 2. The fourth-order valence-electron chi connectivity index (χ4n) is 3.65. The summed E-state index contributed by atoms with van der Waals surface area (Å²) in [5, 5.41) is 2.86. The molecule has 2 aromatic rings. The molecule has 0 heterocycles. The van der Waals surface area contributed by atoms with Crippen molar-refractivity contribution >= 4 is 27.5 Å². The number of rotatable bonds is 12. The summed E-state index contributed by atoms with van der Waals surface area (Å²) in [5.74, 6) is -1.22. The van der Waals surface area contributed by atoms with Crippen LogP contribution < -0.4 is 9.62 Å². The molecular weight excluding hydrogens is 457 g/mol. The lowest BCUT2D eigenvalue weighted by Gasteiger charge is -2.33. The van der Waals surface area contributed by atoms with Crippen LogP contribution in [0.4, 0.5) is 10.1 Å². The Balaban J connectivity index is 2.40. The van der Waals surface area contributed by atoms with Gasteiger partial charge in [0.15, 0.2) is 0 Å². The van der Waals surface area contributed by atoms with Gasteiger partial charge in [-0.15, -0.1) is 0 Å². The predicted octanol–water partition coefficient (Wildman–Crippen LogP) is 3.62. The van der Waals surface area contributed by atoms with Gasteiger partial charge in [0, 0.05) is 13.1 Å². The number of carbonyl (C=O) groups is 2. The lowest BCUT2D eigenvalue weighted by molar-refractivity contribution is -0.140. The van der Waals surface area contributed by atoms with Gasteiger partial charge in [-0.2, -0.15) is 0 Å². The molecule has 2 aromatic carbocycles. The van der Waals surface area contributed by atoms with Gasteiger partial charge in [0.1, 0.15) is 18.4 Å². The lowest BCUT2D eigenvalue weighted by Crippen LogP contribution is -2.52. The van der Waals surface area contributed by atoms with Crippen LogP contribution in [0.1, 0.15) is 44.2 Å². The SMILES string of the molecule is CCCCNC(=O)C(CC)N(Cc1ccc(F)cc1)C(=O)CN(c1ccccc1C)S(C)(=O)=O. The minimum Gasteiger partial charge on any atom is -0.354 e. The van der Waals surface area contributed by atoms with Crippen molar-refractivity contribution in [2.45, 2.75) is 52.6 Å². The van der Waals surface area contributed by atoms with Crippen LogP contribution in [0, 0.1) is 12.7 Å². The molecule has 9 heteroatoms. The minimum absolute atomic E-state index is 0.0458. The number of hydrogen-bond acceptors (Lipinski definition) is 4. The van der Waals surface area contributed by atoms with Gasteiger partial charge in [-0.3, -0.25) is 13.9 Å². The molecule has 0 saturated carbocycles. The molecule has 0 aliphatic carbocycles. The van der Waals surface area contributed by atoms with Crippen molar-refractivity contribution in [3.8, 4) is 0 Å². The topological polar surface area (TPSA) is 86.8 Å². The molecule has 0 aromatic heterocycles. The number of aryl methyl sites for hydroxylation is 1. The first kappa shape index (κ1) is 27.3. The fourth-order valence-corrected chi connectivity index (χ4v) is 4.56. The van der Waals surface area contributed by atoms with Crippen LogP contribution in [0.25, 0.3) is 0 Å². The van der Waals surface area contributed by atoms with Gasteiger partial charge in [-0.05, 0) is 49.1 Å². The van der Waals surface area contributed by atoms with Crippen molar-refractivity contribution in [3.63, 3.8) is 0 Å². The van der Waals surface area contributed by atoms with Gasteiger partial charge in [0.2, 0.25) is 21.8 Å². The second-order valence-corrected chi connectivity index (χ2v) is 10.2. The fraction of sp³-hybridized carbons (Fsp3) is 0.440. The van der Waals surface area contributed by atoms with E-state index >= 15 is 0 Å². The summed E-state index contributed by atoms with van der Waals surface area (Å²) in [6, 6.07) is 11.8. The van der Waals surface area contributed by atoms with E-state index in [1.807, 2.05) is 6.92 Å². The molecule has 1 N–H and O–H groups in total. The third-order valence-corrected chi connectivity index (χ3v) is 6.67. The molecule has 7 nitrogen and oxygen atoms in total. The van der Waals surface area contributed by atoms with Crippen LogP contribution in [0.5, 0.6) is 0 Å². The Bertz CT molecular complexity index is 1070. The number of unbranched alkanes of at least 4 members (excludes halogenated alkanes) is 1. The monoisotopic (exact) mass is 491 g/mol. The first-order valence-electron chi connectivity index (χ1n) is 11.4. The number of hydrogen-bond donors (Lipinski definition) is 1. The molecule has 0 radical (unpaired) electrons. The van der Waals surface area contributed by atoms with Gasteiger partial charge in [-0.25, -0.2) is 12.8 Å². The summed E-state index contributed by atoms with van der Waals surface area (Å²) in [7, 11) is -3.78. The normalized spacial score (nSPS) is 12.1. The molecule has 1 unspecified atom stereocenters. The zero-order chi connectivity index (χ0) is 25.3. The largest absolute Gasteiger partial charge is 0.354 e. The number of benzene rings is 2. The number of para-hydroxylation sites is 1. The Morgan fingerprint density at radius 3 is 2.26 bits per heavy atom. The standard InChI is InChI=1S/C25H34FN3O4S/c1-5-7-16-27-25(31)22(6-2)28(17-20-12-14-21(26)15-13-20)24(30)18-29(34(4,32)33)23-11-9-8-10-19(23)3/h8-15,22H,5-7,16-18H2,1-4H3,(H,27,31). The highest BCUT2D eigenvalue weighted by molar-refractivity contribution is 7.92. The highest BCUT2D eigenvalue weighted by Crippen LogP contribution is 2.23. The van der Waals surface area contributed by atoms with Gasteiger partial charge < -0.3 is 10.2 Å². The average Bonchev–Trinajstić information content (AvgIpc) is 2.78. The summed E-state index contributed by atoms with van der Waals surface area (Å²) in [6.07, 6.45) is 3.11. The van der Waals surface area contributed by atoms with Crippen LogP contribution >= 0.6 is 0 Å². The Labute approximate surface area is 202 Å². The van der Waals surface area contributed by atoms with Crippen molar-refractivity contribution in [2.75, 3.05) is 23.7 Å². The molecule has 34 heavy (non-hydrogen) atoms. The molecule has 0 aliphatic heterocycles. The molecule has 186 valence electrons. The molecular formula is C25H34FN3O4S. The summed E-state index contributed by atoms with van der Waals surface area (Å²) >= 11 is 0. The van der Waals surface area contributed by atoms with Gasteiger partial charge in [-0.1, -0.05) is 50.6 Å². The third-order valence-electron chi connectivity index (χ3n) is 5.54. The molecule has 2 amide bonds. The van der Waals surface area contributed by atoms with E-state index in [4.69, 9.17) is 0 Å². The minimum atomic E-state index is -3.78. The first-order chi connectivity index (χ1) is 16.1. The summed E-state index contributed by atoms with van der Waals surface area (Å²) < 4.78 is 39.7. The Morgan fingerprint density at radius 1 is 1.06 bits per heavy atom. The summed E-state index contributed by atoms with van der Waals surface area (Å²) in [4.78, 5) is 27.9. The van der Waals surface area contributed by atoms with Crippen molar-refractivity contribution in [1.82, 2.24) is 10.2 Å². The zero-order valence-electron chi connectivity index (χ0n) is 20.3. The Kier molecular flexibility index (Phi) is 10.0. The van der Waals surface area contributed by atoms with E-state index in [2.05, 4.69) is 5.32 Å². The van der Waals surface area contributed by atoms with Gasteiger partial charge >= 0.3 is 0 Å². The lowest BCUT2D eigenvalue weighted by atomic mass is 10.1. The van der Waals surface area contributed by atoms with Crippen molar-refractivity contribution < 1.29 is 22.4 Å². The first-order valence-corrected chi connectivity index (χ1v) is 13.3. The van der Waals surface area contributed by atoms with E-state index in [-0.39, 0.29) is 12.5 Å². The van der Waals surface area contributed by atoms with Crippen molar-refractivity contribution in [2.24, 2.45) is 0 Å². The van der Waals surface area contributed by atoms with E-state index in [9.17, 15) is 22.4 Å². The van der Waals surface area contributed by atoms with E-state index in [1.54, 1.807) is 50.2 Å². The number of anilines is 1. The Hall–Kier alpha value is -2.94. The molecule has 2 rings (SSSR count). The van der Waals surface area contributed by atoms with Crippen LogP contribution in [-0.4, -0.2) is 50.5 Å². The molecule has 0 aliphatic rings. The maximum absolute atomic E-state index is 13.6. The molecule has 1 atom stereocenters. The average molecular weight is 492 g/mol. The molecule has 0 bridgehead atoms. The maximum Gasteiger partial charge on any atom is 0.244 e. The third kappa shape index (κ3) is 7.55. The van der Waals surface area contributed by atoms with Crippen LogP contribution in [0.3, 0.4) is 0 Å². The number of amides is 2. The van der Waals surface area contributed by atoms with E-state index in [1.165, 1.54) is 17.0 Å². The highest BCUT2D eigenvalue weighted by Gasteiger charge is 2.31. The second kappa shape index (κ2) is 12.5. The number of sulfonamides is 1. The molecule has 0 saturated heterocycles. The zero-order valence-corrected chi connectivity index (χ0v) is 21.1. The number of carbonyl (C=O) groups excluding carboxylic acids is 2. The van der Waals surface area contributed by atoms with E-state index in [0.717, 1.165) is 23.4 Å². The summed E-state index contributed by atoms with van der Waals surface area (Å²) in [5.41, 5.74) is 1.74. The van der Waals surface area contributed by atoms with Crippen molar-refractivity contribution in [1.29, 1.82) is 0 Å². The van der Waals surface area contributed by atoms with Gasteiger partial charge in [0.25, 0.3) is 0 Å². The number of halogens is 1. The number of nitrogens with one attached hydrogen (secondary N) is 1. The Morgan fingerprint density at radius 2 is 1.71 bits per heavy atom. The van der Waals surface area contributed by atoms with E-state index < -0.39 is 34.3 Å². The van der Waals surface area contributed by atoms with Crippen LogP contribution in [0.2, 0.25) is 0 Å². The molecule has 0 fully saturated rings. The highest BCUT2D eigenvalue weighted by atomic mass is 32.2. The predicted molar refractivity (Wildman–Crippen MR) is 132 cm³/mol. The molecule has 0 spiro atoms. The van der Waals surface area contributed by atoms with Crippen LogP contribution in [0.15, 0.2) is 48.5 Å². The maximum atomic E-state index is 13.6. The second-order valence-electron chi connectivity index (χ2n) is 8.27.